The van der Waals surface area contributed by atoms with Gasteiger partial charge in [-0.3, -0.25) is 9.69 Å². The number of carbonyl (C=O) groups is 1. The molecular weight excluding hydrogens is 234 g/mol. The first-order chi connectivity index (χ1) is 8.09. The normalized spacial score (nSPS) is 17.6. The van der Waals surface area contributed by atoms with E-state index < -0.39 is 5.97 Å². The van der Waals surface area contributed by atoms with E-state index in [1.165, 1.54) is 4.88 Å². The molecule has 1 aromatic rings. The highest BCUT2D eigenvalue weighted by molar-refractivity contribution is 7.10. The quantitative estimate of drug-likeness (QED) is 0.847. The van der Waals surface area contributed by atoms with E-state index in [0.717, 1.165) is 12.8 Å². The average molecular weight is 253 g/mol. The van der Waals surface area contributed by atoms with Crippen molar-refractivity contribution in [1.82, 2.24) is 4.90 Å². The molecule has 2 rings (SSSR count). The highest BCUT2D eigenvalue weighted by Gasteiger charge is 2.37. The third kappa shape index (κ3) is 3.07. The minimum atomic E-state index is -0.723. The highest BCUT2D eigenvalue weighted by Crippen LogP contribution is 2.39. The number of nitrogens with zero attached hydrogens (tertiary/aromatic N) is 1. The largest absolute Gasteiger partial charge is 0.480 e. The summed E-state index contributed by atoms with van der Waals surface area (Å²) in [6.07, 6.45) is 2.28. The second kappa shape index (κ2) is 5.19. The predicted octanol–water partition coefficient (Wildman–Crippen LogP) is 2.99. The van der Waals surface area contributed by atoms with E-state index in [1.807, 2.05) is 6.07 Å². The van der Waals surface area contributed by atoms with Crippen LogP contribution in [0.5, 0.6) is 0 Å². The minimum absolute atomic E-state index is 0.158. The zero-order valence-corrected chi connectivity index (χ0v) is 11.1. The van der Waals surface area contributed by atoms with Crippen molar-refractivity contribution in [3.05, 3.63) is 22.4 Å². The number of carboxylic acids is 1. The summed E-state index contributed by atoms with van der Waals surface area (Å²) in [5.74, 6) is -0.285. The SMILES string of the molecule is CC(C)C(c1cccs1)N(CC(=O)O)C1CC1. The maximum atomic E-state index is 11.0. The lowest BCUT2D eigenvalue weighted by atomic mass is 10.0. The third-order valence-electron chi connectivity index (χ3n) is 3.16. The molecule has 17 heavy (non-hydrogen) atoms. The van der Waals surface area contributed by atoms with Crippen LogP contribution in [0.1, 0.15) is 37.6 Å². The van der Waals surface area contributed by atoms with E-state index in [9.17, 15) is 4.79 Å². The van der Waals surface area contributed by atoms with Gasteiger partial charge in [0.15, 0.2) is 0 Å². The summed E-state index contributed by atoms with van der Waals surface area (Å²) in [6, 6.07) is 4.88. The molecule has 0 spiro atoms. The number of hydrogen-bond acceptors (Lipinski definition) is 3. The topological polar surface area (TPSA) is 40.5 Å². The Morgan fingerprint density at radius 3 is 2.71 bits per heavy atom. The van der Waals surface area contributed by atoms with Crippen LogP contribution in [0.4, 0.5) is 0 Å². The molecule has 3 nitrogen and oxygen atoms in total. The maximum Gasteiger partial charge on any atom is 0.317 e. The fourth-order valence-corrected chi connectivity index (χ4v) is 3.37. The molecule has 0 aliphatic heterocycles. The van der Waals surface area contributed by atoms with Crippen molar-refractivity contribution < 1.29 is 9.90 Å². The van der Waals surface area contributed by atoms with E-state index in [2.05, 4.69) is 30.2 Å². The summed E-state index contributed by atoms with van der Waals surface area (Å²) in [5, 5.41) is 11.1. The van der Waals surface area contributed by atoms with Crippen molar-refractivity contribution in [3.63, 3.8) is 0 Å². The number of carboxylic acid groups (broad SMARTS) is 1. The van der Waals surface area contributed by atoms with Crippen LogP contribution in [0, 0.1) is 5.92 Å². The van der Waals surface area contributed by atoms with Crippen LogP contribution in [0.25, 0.3) is 0 Å². The summed E-state index contributed by atoms with van der Waals surface area (Å²) in [5.41, 5.74) is 0. The fourth-order valence-electron chi connectivity index (χ4n) is 2.35. The number of thiophene rings is 1. The summed E-state index contributed by atoms with van der Waals surface area (Å²) < 4.78 is 0. The molecule has 1 saturated carbocycles. The molecule has 1 unspecified atom stereocenters. The van der Waals surface area contributed by atoms with E-state index in [-0.39, 0.29) is 12.6 Å². The Morgan fingerprint density at radius 2 is 2.29 bits per heavy atom. The molecule has 94 valence electrons. The van der Waals surface area contributed by atoms with Gasteiger partial charge in [0.1, 0.15) is 0 Å². The van der Waals surface area contributed by atoms with Crippen LogP contribution in [-0.2, 0) is 4.79 Å². The molecule has 1 N–H and O–H groups in total. The van der Waals surface area contributed by atoms with Crippen LogP contribution < -0.4 is 0 Å². The summed E-state index contributed by atoms with van der Waals surface area (Å²) in [6.45, 7) is 4.49. The molecule has 0 radical (unpaired) electrons. The average Bonchev–Trinajstić information content (AvgIpc) is 2.95. The van der Waals surface area contributed by atoms with Crippen molar-refractivity contribution in [3.8, 4) is 0 Å². The Hall–Kier alpha value is -0.870. The molecule has 0 saturated heterocycles. The van der Waals surface area contributed by atoms with E-state index in [4.69, 9.17) is 5.11 Å². The van der Waals surface area contributed by atoms with E-state index >= 15 is 0 Å². The molecule has 1 aliphatic rings. The van der Waals surface area contributed by atoms with Gasteiger partial charge in [0.25, 0.3) is 0 Å². The van der Waals surface area contributed by atoms with Gasteiger partial charge in [-0.05, 0) is 30.2 Å². The van der Waals surface area contributed by atoms with Gasteiger partial charge in [0, 0.05) is 17.0 Å². The smallest absolute Gasteiger partial charge is 0.317 e. The van der Waals surface area contributed by atoms with Crippen LogP contribution >= 0.6 is 11.3 Å². The lowest BCUT2D eigenvalue weighted by Gasteiger charge is -2.32. The van der Waals surface area contributed by atoms with Crippen LogP contribution in [0.2, 0.25) is 0 Å². The zero-order chi connectivity index (χ0) is 12.4. The Labute approximate surface area is 106 Å². The lowest BCUT2D eigenvalue weighted by molar-refractivity contribution is -0.139. The van der Waals surface area contributed by atoms with Gasteiger partial charge in [0.05, 0.1) is 6.54 Å². The van der Waals surface area contributed by atoms with Crippen molar-refractivity contribution in [2.24, 2.45) is 5.92 Å². The molecular formula is C13H19NO2S. The summed E-state index contributed by atoms with van der Waals surface area (Å²) in [4.78, 5) is 14.5. The lowest BCUT2D eigenvalue weighted by Crippen LogP contribution is -2.37. The zero-order valence-electron chi connectivity index (χ0n) is 10.3. The van der Waals surface area contributed by atoms with Gasteiger partial charge in [-0.15, -0.1) is 11.3 Å². The number of rotatable bonds is 6. The summed E-state index contributed by atoms with van der Waals surface area (Å²) >= 11 is 1.73. The molecule has 4 heteroatoms. The van der Waals surface area contributed by atoms with Gasteiger partial charge in [0.2, 0.25) is 0 Å². The third-order valence-corrected chi connectivity index (χ3v) is 4.10. The maximum absolute atomic E-state index is 11.0. The van der Waals surface area contributed by atoms with Crippen molar-refractivity contribution in [2.75, 3.05) is 6.54 Å². The molecule has 1 fully saturated rings. The summed E-state index contributed by atoms with van der Waals surface area (Å²) in [7, 11) is 0. The van der Waals surface area contributed by atoms with Crippen LogP contribution in [-0.4, -0.2) is 28.6 Å². The second-order valence-corrected chi connectivity index (χ2v) is 5.98. The van der Waals surface area contributed by atoms with E-state index in [0.29, 0.717) is 12.0 Å². The molecule has 1 aliphatic carbocycles. The Morgan fingerprint density at radius 1 is 1.59 bits per heavy atom. The van der Waals surface area contributed by atoms with Crippen LogP contribution in [0.3, 0.4) is 0 Å². The van der Waals surface area contributed by atoms with Gasteiger partial charge in [-0.25, -0.2) is 0 Å². The Balaban J connectivity index is 2.20. The second-order valence-electron chi connectivity index (χ2n) is 5.00. The Bertz CT molecular complexity index is 371. The molecule has 0 bridgehead atoms. The first-order valence-corrected chi connectivity index (χ1v) is 6.98. The number of aliphatic carboxylic acids is 1. The minimum Gasteiger partial charge on any atom is -0.480 e. The van der Waals surface area contributed by atoms with E-state index in [1.54, 1.807) is 11.3 Å². The molecule has 1 aromatic heterocycles. The van der Waals surface area contributed by atoms with Crippen molar-refractivity contribution >= 4 is 17.3 Å². The first kappa shape index (κ1) is 12.6. The Kier molecular flexibility index (Phi) is 3.84. The monoisotopic (exact) mass is 253 g/mol. The first-order valence-electron chi connectivity index (χ1n) is 6.10. The molecule has 1 heterocycles. The predicted molar refractivity (Wildman–Crippen MR) is 69.3 cm³/mol. The molecule has 0 amide bonds. The van der Waals surface area contributed by atoms with Crippen LogP contribution in [0.15, 0.2) is 17.5 Å². The van der Waals surface area contributed by atoms with Gasteiger partial charge < -0.3 is 5.11 Å². The standard InChI is InChI=1S/C13H19NO2S/c1-9(2)13(11-4-3-7-17-11)14(8-12(15)16)10-5-6-10/h3-4,7,9-10,13H,5-6,8H2,1-2H3,(H,15,16). The fraction of sp³-hybridized carbons (Fsp3) is 0.615. The molecule has 1 atom stereocenters. The van der Waals surface area contributed by atoms with Crippen molar-refractivity contribution in [1.29, 1.82) is 0 Å². The van der Waals surface area contributed by atoms with Gasteiger partial charge in [-0.1, -0.05) is 19.9 Å². The van der Waals surface area contributed by atoms with Gasteiger partial charge >= 0.3 is 5.97 Å². The number of hydrogen-bond donors (Lipinski definition) is 1. The molecule has 0 aromatic carbocycles. The van der Waals surface area contributed by atoms with Gasteiger partial charge in [-0.2, -0.15) is 0 Å². The van der Waals surface area contributed by atoms with Crippen molar-refractivity contribution in [2.45, 2.75) is 38.8 Å². The highest BCUT2D eigenvalue weighted by atomic mass is 32.1.